The average molecular weight is 292 g/mol. The van der Waals surface area contributed by atoms with Crippen molar-refractivity contribution in [3.8, 4) is 0 Å². The first-order chi connectivity index (χ1) is 8.77. The summed E-state index contributed by atoms with van der Waals surface area (Å²) in [6.45, 7) is 3.94. The Morgan fingerprint density at radius 2 is 1.79 bits per heavy atom. The van der Waals surface area contributed by atoms with Crippen molar-refractivity contribution in [3.05, 3.63) is 0 Å². The van der Waals surface area contributed by atoms with Gasteiger partial charge in [0.15, 0.2) is 0 Å². The highest BCUT2D eigenvalue weighted by atomic mass is 32.2. The third kappa shape index (κ3) is 3.44. The van der Waals surface area contributed by atoms with Gasteiger partial charge in [0.05, 0.1) is 0 Å². The summed E-state index contributed by atoms with van der Waals surface area (Å²) in [5, 5.41) is 11.4. The standard InChI is InChI=1S/C11H20N2O5S/c1-3-13(4-2)19(17,18)8-9(14)12-11(10(15)16)6-5-7-11/h3-8H2,1-2H3,(H,12,14)(H,15,16). The number of sulfonamides is 1. The van der Waals surface area contributed by atoms with Gasteiger partial charge in [-0.3, -0.25) is 4.79 Å². The fourth-order valence-electron chi connectivity index (χ4n) is 2.10. The number of hydrogen-bond donors (Lipinski definition) is 2. The van der Waals surface area contributed by atoms with Crippen LogP contribution in [0.4, 0.5) is 0 Å². The second kappa shape index (κ2) is 5.87. The van der Waals surface area contributed by atoms with Gasteiger partial charge in [-0.25, -0.2) is 17.5 Å². The van der Waals surface area contributed by atoms with Crippen LogP contribution in [-0.4, -0.2) is 54.1 Å². The molecule has 0 atom stereocenters. The van der Waals surface area contributed by atoms with Crippen molar-refractivity contribution in [1.82, 2.24) is 9.62 Å². The summed E-state index contributed by atoms with van der Waals surface area (Å²) >= 11 is 0. The minimum absolute atomic E-state index is 0.288. The first-order valence-electron chi connectivity index (χ1n) is 6.29. The van der Waals surface area contributed by atoms with E-state index in [4.69, 9.17) is 5.11 Å². The molecule has 1 rings (SSSR count). The molecule has 19 heavy (non-hydrogen) atoms. The van der Waals surface area contributed by atoms with Crippen LogP contribution < -0.4 is 5.32 Å². The molecular formula is C11H20N2O5S. The van der Waals surface area contributed by atoms with Gasteiger partial charge in [0, 0.05) is 13.1 Å². The zero-order valence-electron chi connectivity index (χ0n) is 11.2. The lowest BCUT2D eigenvalue weighted by Gasteiger charge is -2.38. The Labute approximate surface area is 113 Å². The van der Waals surface area contributed by atoms with E-state index in [1.54, 1.807) is 13.8 Å². The maximum Gasteiger partial charge on any atom is 0.329 e. The third-order valence-electron chi connectivity index (χ3n) is 3.41. The highest BCUT2D eigenvalue weighted by Crippen LogP contribution is 2.31. The lowest BCUT2D eigenvalue weighted by Crippen LogP contribution is -2.60. The molecule has 0 saturated heterocycles. The summed E-state index contributed by atoms with van der Waals surface area (Å²) in [6, 6.07) is 0. The Kier molecular flexibility index (Phi) is 4.92. The number of nitrogens with one attached hydrogen (secondary N) is 1. The first-order valence-corrected chi connectivity index (χ1v) is 7.90. The van der Waals surface area contributed by atoms with Gasteiger partial charge in [-0.15, -0.1) is 0 Å². The summed E-state index contributed by atoms with van der Waals surface area (Å²) in [4.78, 5) is 22.8. The van der Waals surface area contributed by atoms with Crippen LogP contribution in [0.1, 0.15) is 33.1 Å². The van der Waals surface area contributed by atoms with Crippen molar-refractivity contribution in [2.24, 2.45) is 0 Å². The number of nitrogens with zero attached hydrogens (tertiary/aromatic N) is 1. The van der Waals surface area contributed by atoms with Gasteiger partial charge in [0.1, 0.15) is 11.3 Å². The number of hydrogen-bond acceptors (Lipinski definition) is 4. The van der Waals surface area contributed by atoms with E-state index in [1.807, 2.05) is 0 Å². The predicted molar refractivity (Wildman–Crippen MR) is 69.1 cm³/mol. The molecule has 0 radical (unpaired) electrons. The number of carbonyl (C=O) groups is 2. The summed E-state index contributed by atoms with van der Waals surface area (Å²) < 4.78 is 24.9. The molecule has 1 aliphatic carbocycles. The zero-order chi connectivity index (χ0) is 14.7. The van der Waals surface area contributed by atoms with Gasteiger partial charge >= 0.3 is 5.97 Å². The molecule has 7 nitrogen and oxygen atoms in total. The number of carboxylic acids is 1. The molecule has 0 aromatic rings. The van der Waals surface area contributed by atoms with E-state index < -0.39 is 33.2 Å². The fourth-order valence-corrected chi connectivity index (χ4v) is 3.47. The molecule has 110 valence electrons. The highest BCUT2D eigenvalue weighted by molar-refractivity contribution is 7.89. The van der Waals surface area contributed by atoms with Gasteiger partial charge < -0.3 is 10.4 Å². The number of carboxylic acid groups (broad SMARTS) is 1. The van der Waals surface area contributed by atoms with E-state index in [2.05, 4.69) is 5.32 Å². The number of carbonyl (C=O) groups excluding carboxylic acids is 1. The minimum atomic E-state index is -3.68. The Morgan fingerprint density at radius 3 is 2.11 bits per heavy atom. The van der Waals surface area contributed by atoms with E-state index in [9.17, 15) is 18.0 Å². The quantitative estimate of drug-likeness (QED) is 0.675. The monoisotopic (exact) mass is 292 g/mol. The summed E-state index contributed by atoms with van der Waals surface area (Å²) in [7, 11) is -3.68. The molecule has 2 N–H and O–H groups in total. The normalized spacial score (nSPS) is 17.8. The second-order valence-corrected chi connectivity index (χ2v) is 6.60. The maximum atomic E-state index is 11.9. The number of amides is 1. The lowest BCUT2D eigenvalue weighted by atomic mass is 9.77. The Hall–Kier alpha value is -1.15. The Morgan fingerprint density at radius 1 is 1.26 bits per heavy atom. The molecule has 0 aromatic carbocycles. The van der Waals surface area contributed by atoms with Crippen LogP contribution >= 0.6 is 0 Å². The fraction of sp³-hybridized carbons (Fsp3) is 0.818. The maximum absolute atomic E-state index is 11.9. The predicted octanol–water partition coefficient (Wildman–Crippen LogP) is -0.218. The van der Waals surface area contributed by atoms with Crippen LogP contribution in [0.15, 0.2) is 0 Å². The van der Waals surface area contributed by atoms with Gasteiger partial charge in [-0.2, -0.15) is 0 Å². The smallest absolute Gasteiger partial charge is 0.329 e. The van der Waals surface area contributed by atoms with Crippen molar-refractivity contribution in [2.75, 3.05) is 18.8 Å². The van der Waals surface area contributed by atoms with Gasteiger partial charge in [0.2, 0.25) is 15.9 Å². The minimum Gasteiger partial charge on any atom is -0.480 e. The molecule has 1 aliphatic rings. The Balaban J connectivity index is 2.68. The van der Waals surface area contributed by atoms with E-state index in [0.717, 1.165) is 6.42 Å². The molecule has 0 spiro atoms. The Bertz CT molecular complexity index is 452. The van der Waals surface area contributed by atoms with E-state index in [0.29, 0.717) is 12.8 Å². The average Bonchev–Trinajstić information content (AvgIpc) is 2.23. The first kappa shape index (κ1) is 15.9. The van der Waals surface area contributed by atoms with E-state index in [-0.39, 0.29) is 13.1 Å². The van der Waals surface area contributed by atoms with Gasteiger partial charge in [0.25, 0.3) is 0 Å². The number of rotatable bonds is 7. The summed E-state index contributed by atoms with van der Waals surface area (Å²) in [5.74, 6) is -2.56. The topological polar surface area (TPSA) is 104 Å². The van der Waals surface area contributed by atoms with Crippen molar-refractivity contribution < 1.29 is 23.1 Å². The summed E-state index contributed by atoms with van der Waals surface area (Å²) in [6.07, 6.45) is 1.41. The van der Waals surface area contributed by atoms with Crippen LogP contribution in [0.2, 0.25) is 0 Å². The molecule has 8 heteroatoms. The van der Waals surface area contributed by atoms with Crippen LogP contribution in [0.25, 0.3) is 0 Å². The van der Waals surface area contributed by atoms with E-state index >= 15 is 0 Å². The van der Waals surface area contributed by atoms with Crippen molar-refractivity contribution in [1.29, 1.82) is 0 Å². The van der Waals surface area contributed by atoms with Crippen molar-refractivity contribution in [3.63, 3.8) is 0 Å². The van der Waals surface area contributed by atoms with Crippen LogP contribution in [0.3, 0.4) is 0 Å². The molecule has 0 unspecified atom stereocenters. The molecule has 0 aromatic heterocycles. The molecule has 0 heterocycles. The van der Waals surface area contributed by atoms with Gasteiger partial charge in [-0.05, 0) is 19.3 Å². The van der Waals surface area contributed by atoms with E-state index in [1.165, 1.54) is 4.31 Å². The van der Waals surface area contributed by atoms with Gasteiger partial charge in [-0.1, -0.05) is 13.8 Å². The molecule has 1 saturated carbocycles. The molecule has 1 amide bonds. The lowest BCUT2D eigenvalue weighted by molar-refractivity contribution is -0.151. The third-order valence-corrected chi connectivity index (χ3v) is 5.34. The van der Waals surface area contributed by atoms with Crippen molar-refractivity contribution >= 4 is 21.9 Å². The van der Waals surface area contributed by atoms with Crippen LogP contribution in [0, 0.1) is 0 Å². The highest BCUT2D eigenvalue weighted by Gasteiger charge is 2.46. The molecule has 0 bridgehead atoms. The second-order valence-electron chi connectivity index (χ2n) is 4.63. The van der Waals surface area contributed by atoms with Crippen LogP contribution in [-0.2, 0) is 19.6 Å². The SMILES string of the molecule is CCN(CC)S(=O)(=O)CC(=O)NC1(C(=O)O)CCC1. The zero-order valence-corrected chi connectivity index (χ0v) is 12.0. The molecule has 0 aliphatic heterocycles. The molecular weight excluding hydrogens is 272 g/mol. The number of aliphatic carboxylic acids is 1. The van der Waals surface area contributed by atoms with Crippen LogP contribution in [0.5, 0.6) is 0 Å². The summed E-state index contributed by atoms with van der Waals surface area (Å²) in [5.41, 5.74) is -1.27. The van der Waals surface area contributed by atoms with Crippen molar-refractivity contribution in [2.45, 2.75) is 38.6 Å². The largest absolute Gasteiger partial charge is 0.480 e. The molecule has 1 fully saturated rings.